The first kappa shape index (κ1) is 30.5. The quantitative estimate of drug-likeness (QED) is 0.403. The average Bonchev–Trinajstić information content (AvgIpc) is 2.98. The fraction of sp³-hybridized carbons (Fsp3) is 0.500. The Kier molecular flexibility index (Phi) is 11.4. The molecule has 2 aromatic rings. The predicted molar refractivity (Wildman–Crippen MR) is 147 cm³/mol. The van der Waals surface area contributed by atoms with E-state index >= 15 is 0 Å². The minimum atomic E-state index is -1.07. The zero-order valence-electron chi connectivity index (χ0n) is 23.3. The number of carboxylic acid groups (broad SMARTS) is 1. The van der Waals surface area contributed by atoms with Gasteiger partial charge in [-0.15, -0.1) is 0 Å². The molecule has 1 saturated heterocycles. The fourth-order valence-corrected chi connectivity index (χ4v) is 4.39. The van der Waals surface area contributed by atoms with E-state index in [-0.39, 0.29) is 51.3 Å². The van der Waals surface area contributed by atoms with Crippen LogP contribution in [0.4, 0.5) is 4.79 Å². The molecule has 40 heavy (non-hydrogen) atoms. The Morgan fingerprint density at radius 2 is 1.65 bits per heavy atom. The number of ether oxygens (including phenoxy) is 1. The Hall–Kier alpha value is -4.06. The molecule has 0 aliphatic carbocycles. The molecule has 0 radical (unpaired) electrons. The van der Waals surface area contributed by atoms with Gasteiger partial charge < -0.3 is 25.0 Å². The van der Waals surface area contributed by atoms with Crippen LogP contribution in [-0.4, -0.2) is 106 Å². The number of nitrogens with zero attached hydrogens (tertiary/aromatic N) is 5. The zero-order valence-corrected chi connectivity index (χ0v) is 23.3. The van der Waals surface area contributed by atoms with Crippen LogP contribution in [0.1, 0.15) is 49.8 Å². The smallest absolute Gasteiger partial charge is 0.409 e. The highest BCUT2D eigenvalue weighted by Gasteiger charge is 2.31. The number of hydrogen-bond acceptors (Lipinski definition) is 8. The molecule has 216 valence electrons. The Balaban J connectivity index is 1.82. The highest BCUT2D eigenvalue weighted by atomic mass is 16.6. The van der Waals surface area contributed by atoms with Crippen molar-refractivity contribution in [2.45, 2.75) is 46.2 Å². The van der Waals surface area contributed by atoms with E-state index in [1.165, 1.54) is 9.80 Å². The van der Waals surface area contributed by atoms with Gasteiger partial charge in [0.25, 0.3) is 5.91 Å². The molecule has 0 spiro atoms. The van der Waals surface area contributed by atoms with Crippen molar-refractivity contribution >= 4 is 23.9 Å². The maximum absolute atomic E-state index is 13.5. The lowest BCUT2D eigenvalue weighted by atomic mass is 10.1. The van der Waals surface area contributed by atoms with Gasteiger partial charge in [-0.05, 0) is 32.5 Å². The van der Waals surface area contributed by atoms with Crippen LogP contribution in [0.15, 0.2) is 36.4 Å². The first-order valence-corrected chi connectivity index (χ1v) is 13.6. The van der Waals surface area contributed by atoms with Gasteiger partial charge in [-0.1, -0.05) is 44.2 Å². The predicted octanol–water partition coefficient (Wildman–Crippen LogP) is 2.25. The van der Waals surface area contributed by atoms with Gasteiger partial charge >= 0.3 is 12.1 Å². The van der Waals surface area contributed by atoms with E-state index in [0.717, 1.165) is 18.7 Å². The normalized spacial score (nSPS) is 14.1. The Labute approximate surface area is 234 Å². The molecule has 12 nitrogen and oxygen atoms in total. The van der Waals surface area contributed by atoms with Crippen LogP contribution in [0.5, 0.6) is 0 Å². The summed E-state index contributed by atoms with van der Waals surface area (Å²) in [6.45, 7) is 9.25. The van der Waals surface area contributed by atoms with Crippen molar-refractivity contribution < 1.29 is 29.0 Å². The molecule has 1 aromatic heterocycles. The summed E-state index contributed by atoms with van der Waals surface area (Å²) >= 11 is 0. The minimum absolute atomic E-state index is 0.0824. The molecule has 1 aromatic carbocycles. The number of carbonyl (C=O) groups is 4. The lowest BCUT2D eigenvalue weighted by Crippen LogP contribution is -2.56. The van der Waals surface area contributed by atoms with E-state index in [1.807, 2.05) is 44.2 Å². The van der Waals surface area contributed by atoms with E-state index in [9.17, 15) is 24.3 Å². The zero-order chi connectivity index (χ0) is 29.1. The molecule has 1 aliphatic rings. The number of nitrogens with one attached hydrogen (secondary N) is 1. The van der Waals surface area contributed by atoms with Crippen LogP contribution in [0.2, 0.25) is 0 Å². The van der Waals surface area contributed by atoms with Crippen molar-refractivity contribution in [3.05, 3.63) is 47.8 Å². The number of piperazine rings is 1. The third kappa shape index (κ3) is 8.47. The summed E-state index contributed by atoms with van der Waals surface area (Å²) in [5.74, 6) is -1.68. The molecule has 3 amide bonds. The molecule has 12 heteroatoms. The van der Waals surface area contributed by atoms with Gasteiger partial charge in [-0.25, -0.2) is 14.8 Å². The number of aliphatic carboxylic acids is 1. The maximum Gasteiger partial charge on any atom is 0.409 e. The van der Waals surface area contributed by atoms with Crippen molar-refractivity contribution in [2.24, 2.45) is 0 Å². The van der Waals surface area contributed by atoms with E-state index in [2.05, 4.69) is 20.2 Å². The van der Waals surface area contributed by atoms with Gasteiger partial charge in [0.15, 0.2) is 5.82 Å². The van der Waals surface area contributed by atoms with E-state index in [1.54, 1.807) is 13.0 Å². The molecule has 0 unspecified atom stereocenters. The van der Waals surface area contributed by atoms with E-state index in [4.69, 9.17) is 4.74 Å². The van der Waals surface area contributed by atoms with Crippen LogP contribution in [0, 0.1) is 0 Å². The first-order valence-electron chi connectivity index (χ1n) is 13.6. The second kappa shape index (κ2) is 14.9. The maximum atomic E-state index is 13.5. The monoisotopic (exact) mass is 554 g/mol. The van der Waals surface area contributed by atoms with E-state index in [0.29, 0.717) is 18.1 Å². The summed E-state index contributed by atoms with van der Waals surface area (Å²) in [5, 5.41) is 12.0. The Morgan fingerprint density at radius 3 is 2.25 bits per heavy atom. The van der Waals surface area contributed by atoms with Gasteiger partial charge in [0, 0.05) is 44.7 Å². The van der Waals surface area contributed by atoms with Gasteiger partial charge in [-0.2, -0.15) is 0 Å². The van der Waals surface area contributed by atoms with Crippen LogP contribution < -0.4 is 5.32 Å². The average molecular weight is 555 g/mol. The van der Waals surface area contributed by atoms with Crippen LogP contribution in [-0.2, 0) is 20.9 Å². The van der Waals surface area contributed by atoms with Crippen LogP contribution >= 0.6 is 0 Å². The second-order valence-corrected chi connectivity index (χ2v) is 9.37. The summed E-state index contributed by atoms with van der Waals surface area (Å²) in [6, 6.07) is 9.84. The SMILES string of the molecule is CCOC(=O)N1CCN(C(=O)[C@H](CCC(=O)O)NC(=O)c2cc(CN(CC)CC)nc(-c3ccccc3)n2)CC1. The van der Waals surface area contributed by atoms with Crippen molar-refractivity contribution in [1.29, 1.82) is 0 Å². The number of hydrogen-bond donors (Lipinski definition) is 2. The lowest BCUT2D eigenvalue weighted by Gasteiger charge is -2.35. The van der Waals surface area contributed by atoms with Crippen LogP contribution in [0.25, 0.3) is 11.4 Å². The number of carboxylic acids is 1. The number of rotatable bonds is 12. The second-order valence-electron chi connectivity index (χ2n) is 9.37. The summed E-state index contributed by atoms with van der Waals surface area (Å²) in [4.78, 5) is 64.6. The third-order valence-corrected chi connectivity index (χ3v) is 6.69. The van der Waals surface area contributed by atoms with Crippen LogP contribution in [0.3, 0.4) is 0 Å². The third-order valence-electron chi connectivity index (χ3n) is 6.69. The number of carbonyl (C=O) groups excluding carboxylic acids is 3. The fourth-order valence-electron chi connectivity index (χ4n) is 4.39. The van der Waals surface area contributed by atoms with Gasteiger partial charge in [0.05, 0.1) is 12.3 Å². The number of benzene rings is 1. The molecular weight excluding hydrogens is 516 g/mol. The molecule has 2 N–H and O–H groups in total. The molecule has 1 atom stereocenters. The molecule has 0 bridgehead atoms. The topological polar surface area (TPSA) is 145 Å². The van der Waals surface area contributed by atoms with Crippen molar-refractivity contribution in [1.82, 2.24) is 30.0 Å². The highest BCUT2D eigenvalue weighted by molar-refractivity contribution is 5.96. The highest BCUT2D eigenvalue weighted by Crippen LogP contribution is 2.17. The largest absolute Gasteiger partial charge is 0.481 e. The Bertz CT molecular complexity index is 1170. The molecule has 1 aliphatic heterocycles. The van der Waals surface area contributed by atoms with Gasteiger partial charge in [0.1, 0.15) is 11.7 Å². The molecule has 3 rings (SSSR count). The van der Waals surface area contributed by atoms with Crippen molar-refractivity contribution in [2.75, 3.05) is 45.9 Å². The summed E-state index contributed by atoms with van der Waals surface area (Å²) < 4.78 is 5.03. The van der Waals surface area contributed by atoms with Gasteiger partial charge in [-0.3, -0.25) is 19.3 Å². The molecular formula is C28H38N6O6. The molecule has 1 fully saturated rings. The lowest BCUT2D eigenvalue weighted by molar-refractivity contribution is -0.138. The summed E-state index contributed by atoms with van der Waals surface area (Å²) in [7, 11) is 0. The molecule has 2 heterocycles. The van der Waals surface area contributed by atoms with Gasteiger partial charge in [0.2, 0.25) is 5.91 Å². The molecule has 0 saturated carbocycles. The van der Waals surface area contributed by atoms with Crippen molar-refractivity contribution in [3.8, 4) is 11.4 Å². The summed E-state index contributed by atoms with van der Waals surface area (Å²) in [5.41, 5.74) is 1.50. The first-order chi connectivity index (χ1) is 19.2. The van der Waals surface area contributed by atoms with E-state index < -0.39 is 29.9 Å². The standard InChI is InChI=1S/C28H38N6O6/c1-4-32(5-2)19-21-18-23(30-25(29-21)20-10-8-7-9-11-20)26(37)31-22(12-13-24(35)36)27(38)33-14-16-34(17-15-33)28(39)40-6-3/h7-11,18,22H,4-6,12-17,19H2,1-3H3,(H,31,37)(H,35,36)/t22-/m0/s1. The summed E-state index contributed by atoms with van der Waals surface area (Å²) in [6.07, 6.45) is -0.823. The van der Waals surface area contributed by atoms with Crippen molar-refractivity contribution in [3.63, 3.8) is 0 Å². The number of amides is 3. The Morgan fingerprint density at radius 1 is 1.00 bits per heavy atom. The minimum Gasteiger partial charge on any atom is -0.481 e. The number of aromatic nitrogens is 2.